The standard InChI is InChI=1S/C12H18N2O5S/c1-8(7-19-3)14-10-5-4-9(12(15)16)6-11(10)20(17,18)13-2/h4-6,8,13-14H,7H2,1-3H3,(H,15,16)/t8-/m1/s1. The molecule has 0 spiro atoms. The summed E-state index contributed by atoms with van der Waals surface area (Å²) in [6, 6.07) is 3.77. The van der Waals surface area contributed by atoms with E-state index in [2.05, 4.69) is 10.0 Å². The van der Waals surface area contributed by atoms with Crippen molar-refractivity contribution in [1.82, 2.24) is 4.72 Å². The van der Waals surface area contributed by atoms with Crippen molar-refractivity contribution in [1.29, 1.82) is 0 Å². The van der Waals surface area contributed by atoms with Crippen LogP contribution in [0.25, 0.3) is 0 Å². The topological polar surface area (TPSA) is 105 Å². The lowest BCUT2D eigenvalue weighted by molar-refractivity contribution is 0.0696. The van der Waals surface area contributed by atoms with Gasteiger partial charge in [0.1, 0.15) is 4.90 Å². The van der Waals surface area contributed by atoms with Crippen LogP contribution in [0.15, 0.2) is 23.1 Å². The molecule has 7 nitrogen and oxygen atoms in total. The second-order valence-corrected chi connectivity index (χ2v) is 6.08. The maximum atomic E-state index is 12.0. The number of sulfonamides is 1. The van der Waals surface area contributed by atoms with E-state index >= 15 is 0 Å². The van der Waals surface area contributed by atoms with E-state index in [1.54, 1.807) is 0 Å². The Labute approximate surface area is 118 Å². The molecule has 0 amide bonds. The van der Waals surface area contributed by atoms with Gasteiger partial charge < -0.3 is 15.2 Å². The highest BCUT2D eigenvalue weighted by atomic mass is 32.2. The van der Waals surface area contributed by atoms with Crippen LogP contribution >= 0.6 is 0 Å². The highest BCUT2D eigenvalue weighted by Gasteiger charge is 2.20. The second kappa shape index (κ2) is 6.69. The summed E-state index contributed by atoms with van der Waals surface area (Å²) in [4.78, 5) is 10.8. The number of benzene rings is 1. The second-order valence-electron chi connectivity index (χ2n) is 4.22. The van der Waals surface area contributed by atoms with Crippen LogP contribution in [0.2, 0.25) is 0 Å². The van der Waals surface area contributed by atoms with Crippen molar-refractivity contribution in [3.8, 4) is 0 Å². The minimum Gasteiger partial charge on any atom is -0.478 e. The summed E-state index contributed by atoms with van der Waals surface area (Å²) in [5.41, 5.74) is 0.234. The molecule has 1 aromatic rings. The van der Waals surface area contributed by atoms with Gasteiger partial charge in [0.25, 0.3) is 0 Å². The maximum absolute atomic E-state index is 12.0. The molecule has 8 heteroatoms. The Morgan fingerprint density at radius 3 is 2.60 bits per heavy atom. The highest BCUT2D eigenvalue weighted by molar-refractivity contribution is 7.89. The Morgan fingerprint density at radius 2 is 2.10 bits per heavy atom. The van der Waals surface area contributed by atoms with Gasteiger partial charge in [0.15, 0.2) is 0 Å². The first-order valence-corrected chi connectivity index (χ1v) is 7.36. The van der Waals surface area contributed by atoms with Crippen molar-refractivity contribution in [2.24, 2.45) is 0 Å². The molecule has 0 aliphatic heterocycles. The number of hydrogen-bond donors (Lipinski definition) is 3. The largest absolute Gasteiger partial charge is 0.478 e. The van der Waals surface area contributed by atoms with Crippen molar-refractivity contribution >= 4 is 21.7 Å². The van der Waals surface area contributed by atoms with Crippen LogP contribution in [-0.4, -0.2) is 46.3 Å². The first-order chi connectivity index (χ1) is 9.31. The van der Waals surface area contributed by atoms with Gasteiger partial charge in [0.05, 0.1) is 17.9 Å². The number of carbonyl (C=O) groups is 1. The van der Waals surface area contributed by atoms with E-state index in [-0.39, 0.29) is 16.5 Å². The molecular formula is C12H18N2O5S. The van der Waals surface area contributed by atoms with Gasteiger partial charge in [-0.05, 0) is 32.2 Å². The highest BCUT2D eigenvalue weighted by Crippen LogP contribution is 2.23. The van der Waals surface area contributed by atoms with Crippen LogP contribution < -0.4 is 10.0 Å². The van der Waals surface area contributed by atoms with Crippen molar-refractivity contribution in [3.05, 3.63) is 23.8 Å². The van der Waals surface area contributed by atoms with Crippen LogP contribution in [-0.2, 0) is 14.8 Å². The van der Waals surface area contributed by atoms with Crippen molar-refractivity contribution < 1.29 is 23.1 Å². The summed E-state index contributed by atoms with van der Waals surface area (Å²) in [5, 5.41) is 11.9. The van der Waals surface area contributed by atoms with Gasteiger partial charge >= 0.3 is 5.97 Å². The van der Waals surface area contributed by atoms with Crippen LogP contribution in [0.3, 0.4) is 0 Å². The fraction of sp³-hybridized carbons (Fsp3) is 0.417. The number of carboxylic acid groups (broad SMARTS) is 1. The number of nitrogens with one attached hydrogen (secondary N) is 2. The molecule has 0 radical (unpaired) electrons. The quantitative estimate of drug-likeness (QED) is 0.686. The first-order valence-electron chi connectivity index (χ1n) is 5.88. The van der Waals surface area contributed by atoms with Gasteiger partial charge in [-0.15, -0.1) is 0 Å². The monoisotopic (exact) mass is 302 g/mol. The van der Waals surface area contributed by atoms with Gasteiger partial charge in [-0.2, -0.15) is 0 Å². The minimum absolute atomic E-state index is 0.0937. The lowest BCUT2D eigenvalue weighted by Gasteiger charge is -2.17. The molecule has 1 aromatic carbocycles. The lowest BCUT2D eigenvalue weighted by Crippen LogP contribution is -2.25. The van der Waals surface area contributed by atoms with Gasteiger partial charge in [-0.25, -0.2) is 17.9 Å². The molecule has 0 aliphatic rings. The molecule has 0 unspecified atom stereocenters. The zero-order valence-corrected chi connectivity index (χ0v) is 12.3. The molecule has 0 heterocycles. The van der Waals surface area contributed by atoms with Crippen molar-refractivity contribution in [3.63, 3.8) is 0 Å². The predicted molar refractivity (Wildman–Crippen MR) is 74.6 cm³/mol. The molecular weight excluding hydrogens is 284 g/mol. The Hall–Kier alpha value is -1.64. The minimum atomic E-state index is -3.76. The fourth-order valence-electron chi connectivity index (χ4n) is 1.66. The van der Waals surface area contributed by atoms with E-state index < -0.39 is 16.0 Å². The number of methoxy groups -OCH3 is 1. The fourth-order valence-corrected chi connectivity index (χ4v) is 2.58. The number of ether oxygens (including phenoxy) is 1. The van der Waals surface area contributed by atoms with Gasteiger partial charge in [-0.3, -0.25) is 0 Å². The summed E-state index contributed by atoms with van der Waals surface area (Å²) in [7, 11) is -0.954. The number of aromatic carboxylic acids is 1. The third-order valence-corrected chi connectivity index (χ3v) is 4.06. The van der Waals surface area contributed by atoms with Crippen LogP contribution in [0, 0.1) is 0 Å². The number of carboxylic acids is 1. The summed E-state index contributed by atoms with van der Waals surface area (Å²) in [5.74, 6) is -1.19. The Kier molecular flexibility index (Phi) is 5.49. The van der Waals surface area contributed by atoms with Crippen LogP contribution in [0.4, 0.5) is 5.69 Å². The van der Waals surface area contributed by atoms with E-state index in [0.29, 0.717) is 12.3 Å². The van der Waals surface area contributed by atoms with Crippen molar-refractivity contribution in [2.45, 2.75) is 17.9 Å². The SMILES string of the molecule is CNS(=O)(=O)c1cc(C(=O)O)ccc1N[C@H](C)COC. The van der Waals surface area contributed by atoms with E-state index in [9.17, 15) is 13.2 Å². The molecule has 0 saturated carbocycles. The average molecular weight is 302 g/mol. The first kappa shape index (κ1) is 16.4. The maximum Gasteiger partial charge on any atom is 0.335 e. The molecule has 0 aliphatic carbocycles. The molecule has 1 atom stereocenters. The Bertz CT molecular complexity index is 586. The molecule has 3 N–H and O–H groups in total. The smallest absolute Gasteiger partial charge is 0.335 e. The molecule has 20 heavy (non-hydrogen) atoms. The normalized spacial score (nSPS) is 12.9. The molecule has 0 aromatic heterocycles. The molecule has 0 bridgehead atoms. The van der Waals surface area contributed by atoms with Crippen LogP contribution in [0.5, 0.6) is 0 Å². The zero-order valence-electron chi connectivity index (χ0n) is 11.5. The van der Waals surface area contributed by atoms with Gasteiger partial charge in [0.2, 0.25) is 10.0 Å². The summed E-state index contributed by atoms with van der Waals surface area (Å²) < 4.78 is 31.1. The summed E-state index contributed by atoms with van der Waals surface area (Å²) >= 11 is 0. The van der Waals surface area contributed by atoms with E-state index in [0.717, 1.165) is 6.07 Å². The molecule has 0 saturated heterocycles. The molecule has 112 valence electrons. The molecule has 1 rings (SSSR count). The molecule has 0 fully saturated rings. The summed E-state index contributed by atoms with van der Waals surface area (Å²) in [6.45, 7) is 2.21. The Morgan fingerprint density at radius 1 is 1.45 bits per heavy atom. The lowest BCUT2D eigenvalue weighted by atomic mass is 10.2. The summed E-state index contributed by atoms with van der Waals surface area (Å²) in [6.07, 6.45) is 0. The number of anilines is 1. The van der Waals surface area contributed by atoms with Gasteiger partial charge in [0, 0.05) is 13.2 Å². The third kappa shape index (κ3) is 3.92. The third-order valence-electron chi connectivity index (χ3n) is 2.61. The van der Waals surface area contributed by atoms with E-state index in [1.807, 2.05) is 6.92 Å². The van der Waals surface area contributed by atoms with E-state index in [4.69, 9.17) is 9.84 Å². The van der Waals surface area contributed by atoms with Crippen molar-refractivity contribution in [2.75, 3.05) is 26.1 Å². The average Bonchev–Trinajstić information content (AvgIpc) is 2.39. The number of rotatable bonds is 7. The van der Waals surface area contributed by atoms with E-state index in [1.165, 1.54) is 26.3 Å². The number of hydrogen-bond acceptors (Lipinski definition) is 5. The predicted octanol–water partition coefficient (Wildman–Crippen LogP) is 0.740. The van der Waals surface area contributed by atoms with Crippen LogP contribution in [0.1, 0.15) is 17.3 Å². The van der Waals surface area contributed by atoms with Gasteiger partial charge in [-0.1, -0.05) is 0 Å². The zero-order chi connectivity index (χ0) is 15.3. The Balaban J connectivity index is 3.26.